The van der Waals surface area contributed by atoms with Crippen molar-refractivity contribution in [3.8, 4) is 0 Å². The quantitative estimate of drug-likeness (QED) is 0.826. The Balaban J connectivity index is 1.52. The van der Waals surface area contributed by atoms with E-state index in [4.69, 9.17) is 0 Å². The molecule has 1 saturated carbocycles. The monoisotopic (exact) mass is 368 g/mol. The highest BCUT2D eigenvalue weighted by atomic mass is 32.2. The average Bonchev–Trinajstić information content (AvgIpc) is 3.30. The van der Waals surface area contributed by atoms with Gasteiger partial charge < -0.3 is 10.2 Å². The number of hydrogen-bond acceptors (Lipinski definition) is 6. The molecule has 2 aliphatic heterocycles. The van der Waals surface area contributed by atoms with Crippen LogP contribution in [0.25, 0.3) is 0 Å². The smallest absolute Gasteiger partial charge is 0.225 e. The fraction of sp³-hybridized carbons (Fsp3) is 0.688. The van der Waals surface area contributed by atoms with Crippen LogP contribution in [0.3, 0.4) is 0 Å². The second-order valence-corrected chi connectivity index (χ2v) is 9.60. The maximum absolute atomic E-state index is 13.0. The second kappa shape index (κ2) is 6.19. The Kier molecular flexibility index (Phi) is 4.13. The van der Waals surface area contributed by atoms with E-state index in [0.717, 1.165) is 25.2 Å². The summed E-state index contributed by atoms with van der Waals surface area (Å²) >= 11 is 0. The summed E-state index contributed by atoms with van der Waals surface area (Å²) in [6.45, 7) is 1.34. The lowest BCUT2D eigenvalue weighted by Gasteiger charge is -2.31. The molecule has 3 aliphatic rings. The molecule has 1 aromatic heterocycles. The highest BCUT2D eigenvalue weighted by Crippen LogP contribution is 2.38. The lowest BCUT2D eigenvalue weighted by Crippen LogP contribution is -2.47. The van der Waals surface area contributed by atoms with Gasteiger partial charge in [0.2, 0.25) is 11.9 Å². The summed E-state index contributed by atoms with van der Waals surface area (Å²) in [7, 11) is -3.25. The largest absolute Gasteiger partial charge is 0.356 e. The highest BCUT2D eigenvalue weighted by Gasteiger charge is 2.51. The summed E-state index contributed by atoms with van der Waals surface area (Å²) in [5, 5.41) is 2.39. The summed E-state index contributed by atoms with van der Waals surface area (Å²) in [4.78, 5) is 22.2. The number of amides is 1. The van der Waals surface area contributed by atoms with E-state index in [0.29, 0.717) is 31.4 Å². The van der Waals surface area contributed by atoms with Crippen LogP contribution in [-0.2, 0) is 14.6 Å². The van der Waals surface area contributed by atoms with Gasteiger partial charge in [0.05, 0.1) is 23.4 Å². The van der Waals surface area contributed by atoms with Crippen molar-refractivity contribution in [3.05, 3.63) is 18.2 Å². The third-order valence-corrected chi connectivity index (χ3v) is 7.71. The Hall–Kier alpha value is -1.77. The van der Waals surface area contributed by atoms with E-state index < -0.39 is 20.9 Å². The van der Waals surface area contributed by atoms with Gasteiger partial charge in [-0.05, 0) is 25.2 Å². The third kappa shape index (κ3) is 3.33. The lowest BCUT2D eigenvalue weighted by molar-refractivity contribution is -0.126. The van der Waals surface area contributed by atoms with Gasteiger partial charge >= 0.3 is 0 Å². The first kappa shape index (κ1) is 16.7. The number of nitrogens with zero attached hydrogens (tertiary/aromatic N) is 3. The number of nitrogens with one attached hydrogen (secondary N) is 1. The van der Waals surface area contributed by atoms with Crippen LogP contribution in [0.2, 0.25) is 0 Å². The van der Waals surface area contributed by atoms with Crippen molar-refractivity contribution in [2.45, 2.75) is 24.5 Å². The Labute approximate surface area is 145 Å². The number of fused-ring (bicyclic) bond motifs is 1. The minimum Gasteiger partial charge on any atom is -0.356 e. The molecular formula is C16H21FN4O3S. The normalized spacial score (nSPS) is 30.8. The van der Waals surface area contributed by atoms with E-state index in [2.05, 4.69) is 15.3 Å². The summed E-state index contributed by atoms with van der Waals surface area (Å²) in [5.74, 6) is -0.232. The fourth-order valence-corrected chi connectivity index (χ4v) is 5.98. The van der Waals surface area contributed by atoms with Gasteiger partial charge in [0.25, 0.3) is 0 Å². The number of aromatic nitrogens is 2. The molecule has 1 N–H and O–H groups in total. The lowest BCUT2D eigenvalue weighted by atomic mass is 9.87. The van der Waals surface area contributed by atoms with E-state index in [1.54, 1.807) is 4.90 Å². The summed E-state index contributed by atoms with van der Waals surface area (Å²) in [6, 6.07) is 0. The van der Waals surface area contributed by atoms with Gasteiger partial charge in [-0.15, -0.1) is 0 Å². The molecular weight excluding hydrogens is 347 g/mol. The van der Waals surface area contributed by atoms with Crippen molar-refractivity contribution < 1.29 is 17.6 Å². The predicted molar refractivity (Wildman–Crippen MR) is 89.1 cm³/mol. The van der Waals surface area contributed by atoms with Crippen LogP contribution >= 0.6 is 0 Å². The van der Waals surface area contributed by atoms with Crippen LogP contribution in [0.1, 0.15) is 19.3 Å². The zero-order chi connectivity index (χ0) is 17.6. The van der Waals surface area contributed by atoms with E-state index in [1.165, 1.54) is 0 Å². The van der Waals surface area contributed by atoms with Crippen molar-refractivity contribution in [3.63, 3.8) is 0 Å². The molecule has 0 spiro atoms. The third-order valence-electron chi connectivity index (χ3n) is 5.49. The first-order valence-electron chi connectivity index (χ1n) is 8.66. The Morgan fingerprint density at radius 3 is 2.64 bits per heavy atom. The van der Waals surface area contributed by atoms with Crippen LogP contribution in [0.15, 0.2) is 12.4 Å². The molecule has 7 nitrogen and oxygen atoms in total. The molecule has 0 unspecified atom stereocenters. The van der Waals surface area contributed by atoms with Gasteiger partial charge in [-0.3, -0.25) is 4.79 Å². The molecule has 0 radical (unpaired) electrons. The predicted octanol–water partition coefficient (Wildman–Crippen LogP) is 0.381. The molecule has 4 rings (SSSR count). The molecule has 136 valence electrons. The van der Waals surface area contributed by atoms with Crippen molar-refractivity contribution in [2.75, 3.05) is 30.3 Å². The van der Waals surface area contributed by atoms with Gasteiger partial charge in [0.15, 0.2) is 15.7 Å². The highest BCUT2D eigenvalue weighted by molar-refractivity contribution is 7.92. The first-order chi connectivity index (χ1) is 11.9. The minimum atomic E-state index is -3.25. The van der Waals surface area contributed by atoms with Gasteiger partial charge in [-0.2, -0.15) is 0 Å². The second-order valence-electron chi connectivity index (χ2n) is 7.26. The molecule has 2 saturated heterocycles. The molecule has 3 heterocycles. The molecule has 0 bridgehead atoms. The maximum atomic E-state index is 13.0. The Morgan fingerprint density at radius 2 is 1.96 bits per heavy atom. The van der Waals surface area contributed by atoms with Crippen LogP contribution in [0, 0.1) is 23.6 Å². The van der Waals surface area contributed by atoms with E-state index in [9.17, 15) is 17.6 Å². The van der Waals surface area contributed by atoms with Crippen molar-refractivity contribution in [1.82, 2.24) is 15.3 Å². The first-order valence-corrected chi connectivity index (χ1v) is 10.4. The molecule has 0 aromatic carbocycles. The molecule has 25 heavy (non-hydrogen) atoms. The van der Waals surface area contributed by atoms with Crippen LogP contribution in [0.5, 0.6) is 0 Å². The Bertz CT molecular complexity index is 766. The van der Waals surface area contributed by atoms with Crippen molar-refractivity contribution in [2.24, 2.45) is 17.8 Å². The van der Waals surface area contributed by atoms with Gasteiger partial charge in [-0.1, -0.05) is 0 Å². The topological polar surface area (TPSA) is 92.3 Å². The SMILES string of the molecule is O=C(NCC1CC1)[C@@H]1CCS(=O)(=O)[C@H]2CN(c3ncc(F)cn3)C[C@@H]12. The number of halogens is 1. The number of rotatable bonds is 4. The Morgan fingerprint density at radius 1 is 1.24 bits per heavy atom. The molecule has 3 fully saturated rings. The minimum absolute atomic E-state index is 0.0355. The summed E-state index contributed by atoms with van der Waals surface area (Å²) < 4.78 is 38.0. The fourth-order valence-electron chi connectivity index (χ4n) is 3.88. The van der Waals surface area contributed by atoms with Crippen LogP contribution in [0.4, 0.5) is 10.3 Å². The standard InChI is InChI=1S/C16H21FN4O3S/c17-11-6-19-16(20-7-11)21-8-13-12(15(22)18-5-10-1-2-10)3-4-25(23,24)14(13)9-21/h6-7,10,12-14H,1-5,8-9H2,(H,18,22)/t12-,13+,14+/m1/s1. The van der Waals surface area contributed by atoms with Crippen LogP contribution < -0.4 is 10.2 Å². The van der Waals surface area contributed by atoms with E-state index in [1.807, 2.05) is 0 Å². The van der Waals surface area contributed by atoms with Crippen LogP contribution in [-0.4, -0.2) is 54.9 Å². The van der Waals surface area contributed by atoms with Crippen molar-refractivity contribution >= 4 is 21.7 Å². The number of sulfone groups is 1. The van der Waals surface area contributed by atoms with Gasteiger partial charge in [0, 0.05) is 31.5 Å². The summed E-state index contributed by atoms with van der Waals surface area (Å²) in [5.41, 5.74) is 0. The number of carbonyl (C=O) groups is 1. The maximum Gasteiger partial charge on any atom is 0.225 e. The molecule has 1 aromatic rings. The van der Waals surface area contributed by atoms with E-state index in [-0.39, 0.29) is 30.0 Å². The van der Waals surface area contributed by atoms with Crippen molar-refractivity contribution in [1.29, 1.82) is 0 Å². The van der Waals surface area contributed by atoms with E-state index >= 15 is 0 Å². The summed E-state index contributed by atoms with van der Waals surface area (Å²) in [6.07, 6.45) is 4.80. The molecule has 3 atom stereocenters. The molecule has 1 amide bonds. The zero-order valence-electron chi connectivity index (χ0n) is 13.8. The number of hydrogen-bond donors (Lipinski definition) is 1. The molecule has 9 heteroatoms. The average molecular weight is 368 g/mol. The zero-order valence-corrected chi connectivity index (χ0v) is 14.6. The van der Waals surface area contributed by atoms with Gasteiger partial charge in [-0.25, -0.2) is 22.8 Å². The number of anilines is 1. The van der Waals surface area contributed by atoms with Gasteiger partial charge in [0.1, 0.15) is 0 Å². The number of carbonyl (C=O) groups excluding carboxylic acids is 1. The molecule has 1 aliphatic carbocycles.